The van der Waals surface area contributed by atoms with Gasteiger partial charge in [-0.3, -0.25) is 0 Å². The van der Waals surface area contributed by atoms with Crippen LogP contribution in [0.1, 0.15) is 0 Å². The summed E-state index contributed by atoms with van der Waals surface area (Å²) in [6, 6.07) is 2.07. The van der Waals surface area contributed by atoms with Crippen LogP contribution in [0.4, 0.5) is 13.2 Å². The first-order valence-corrected chi connectivity index (χ1v) is 5.07. The van der Waals surface area contributed by atoms with E-state index in [4.69, 9.17) is 23.2 Å². The molecule has 1 aromatic rings. The summed E-state index contributed by atoms with van der Waals surface area (Å²) in [6.07, 6.45) is -4.31. The van der Waals surface area contributed by atoms with Crippen LogP contribution in [0.15, 0.2) is 17.1 Å². The molecule has 0 radical (unpaired) electrons. The third-order valence-corrected chi connectivity index (χ3v) is 2.76. The summed E-state index contributed by atoms with van der Waals surface area (Å²) in [6.45, 7) is 0. The first-order valence-electron chi connectivity index (χ1n) is 4.32. The van der Waals surface area contributed by atoms with E-state index in [-0.39, 0.29) is 21.5 Å². The maximum Gasteiger partial charge on any atom is 0.495 e. The Kier molecular flexibility index (Phi) is 2.93. The fourth-order valence-corrected chi connectivity index (χ4v) is 1.58. The zero-order valence-corrected chi connectivity index (χ0v) is 9.73. The SMILES string of the molecule is O=C=NC1(C(F)(F)F)Oc2cc(Cl)c(Cl)cc2O1. The number of ether oxygens (including phenoxy) is 2. The largest absolute Gasteiger partial charge is 0.495 e. The summed E-state index contributed by atoms with van der Waals surface area (Å²) in [5.74, 6) is -4.08. The minimum Gasteiger partial charge on any atom is -0.423 e. The van der Waals surface area contributed by atoms with E-state index in [1.165, 1.54) is 0 Å². The average Bonchev–Trinajstić information content (AvgIpc) is 2.57. The van der Waals surface area contributed by atoms with E-state index in [2.05, 4.69) is 14.5 Å². The molecular formula is C9H2Cl2F3NO3. The van der Waals surface area contributed by atoms with Crippen molar-refractivity contribution in [2.75, 3.05) is 0 Å². The molecule has 0 atom stereocenters. The van der Waals surface area contributed by atoms with Crippen molar-refractivity contribution in [2.24, 2.45) is 4.99 Å². The lowest BCUT2D eigenvalue weighted by atomic mass is 10.3. The second kappa shape index (κ2) is 4.05. The van der Waals surface area contributed by atoms with E-state index in [9.17, 15) is 18.0 Å². The van der Waals surface area contributed by atoms with Crippen LogP contribution in [0, 0.1) is 0 Å². The molecule has 4 nitrogen and oxygen atoms in total. The Hall–Kier alpha value is -1.43. The fraction of sp³-hybridized carbons (Fsp3) is 0.222. The first-order chi connectivity index (χ1) is 8.29. The quantitative estimate of drug-likeness (QED) is 0.590. The lowest BCUT2D eigenvalue weighted by Crippen LogP contribution is -2.50. The Bertz CT molecular complexity index is 524. The number of halogens is 5. The molecule has 0 spiro atoms. The predicted molar refractivity (Wildman–Crippen MR) is 54.6 cm³/mol. The predicted octanol–water partition coefficient (Wildman–Crippen LogP) is 3.32. The molecule has 1 heterocycles. The highest BCUT2D eigenvalue weighted by Gasteiger charge is 2.65. The Morgan fingerprint density at radius 1 is 1.17 bits per heavy atom. The van der Waals surface area contributed by atoms with Gasteiger partial charge in [0.25, 0.3) is 0 Å². The molecule has 1 aliphatic heterocycles. The summed E-state index contributed by atoms with van der Waals surface area (Å²) < 4.78 is 47.4. The van der Waals surface area contributed by atoms with E-state index in [0.717, 1.165) is 18.2 Å². The maximum atomic E-state index is 12.8. The number of nitrogens with zero attached hydrogens (tertiary/aromatic N) is 1. The van der Waals surface area contributed by atoms with E-state index in [1.54, 1.807) is 0 Å². The van der Waals surface area contributed by atoms with Gasteiger partial charge in [-0.05, 0) is 0 Å². The Morgan fingerprint density at radius 3 is 1.94 bits per heavy atom. The number of hydrogen-bond donors (Lipinski definition) is 0. The molecule has 1 aromatic carbocycles. The number of hydrogen-bond acceptors (Lipinski definition) is 4. The van der Waals surface area contributed by atoms with Crippen molar-refractivity contribution in [3.8, 4) is 11.5 Å². The molecule has 0 saturated heterocycles. The normalized spacial score (nSPS) is 16.3. The van der Waals surface area contributed by atoms with Gasteiger partial charge in [0.1, 0.15) is 0 Å². The second-order valence-electron chi connectivity index (χ2n) is 3.20. The van der Waals surface area contributed by atoms with Gasteiger partial charge < -0.3 is 9.47 Å². The van der Waals surface area contributed by atoms with Crippen LogP contribution in [-0.4, -0.2) is 18.2 Å². The molecule has 0 bridgehead atoms. The number of rotatable bonds is 1. The van der Waals surface area contributed by atoms with Gasteiger partial charge >= 0.3 is 12.1 Å². The molecule has 0 N–H and O–H groups in total. The molecule has 0 aromatic heterocycles. The molecule has 0 aliphatic carbocycles. The van der Waals surface area contributed by atoms with Crippen LogP contribution in [-0.2, 0) is 4.79 Å². The van der Waals surface area contributed by atoms with Crippen molar-refractivity contribution in [1.82, 2.24) is 0 Å². The molecule has 0 unspecified atom stereocenters. The number of isocyanates is 1. The summed E-state index contributed by atoms with van der Waals surface area (Å²) in [4.78, 5) is 12.6. The summed E-state index contributed by atoms with van der Waals surface area (Å²) in [5.41, 5.74) is 0. The molecule has 0 amide bonds. The molecular weight excluding hydrogens is 298 g/mol. The summed E-state index contributed by atoms with van der Waals surface area (Å²) >= 11 is 11.2. The van der Waals surface area contributed by atoms with Crippen molar-refractivity contribution in [1.29, 1.82) is 0 Å². The average molecular weight is 300 g/mol. The third kappa shape index (κ3) is 1.90. The van der Waals surface area contributed by atoms with Crippen molar-refractivity contribution < 1.29 is 27.4 Å². The summed E-state index contributed by atoms with van der Waals surface area (Å²) in [7, 11) is 0. The Balaban J connectivity index is 2.51. The highest BCUT2D eigenvalue weighted by atomic mass is 35.5. The van der Waals surface area contributed by atoms with Crippen molar-refractivity contribution in [3.63, 3.8) is 0 Å². The molecule has 0 saturated carbocycles. The first kappa shape index (κ1) is 13.0. The second-order valence-corrected chi connectivity index (χ2v) is 4.01. The minimum atomic E-state index is -5.07. The van der Waals surface area contributed by atoms with Gasteiger partial charge in [0.2, 0.25) is 6.08 Å². The van der Waals surface area contributed by atoms with E-state index in [0.29, 0.717) is 0 Å². The molecule has 2 rings (SSSR count). The smallest absolute Gasteiger partial charge is 0.423 e. The van der Waals surface area contributed by atoms with Crippen LogP contribution in [0.2, 0.25) is 10.0 Å². The van der Waals surface area contributed by atoms with Crippen LogP contribution in [0.3, 0.4) is 0 Å². The number of fused-ring (bicyclic) bond motifs is 1. The monoisotopic (exact) mass is 299 g/mol. The van der Waals surface area contributed by atoms with Crippen molar-refractivity contribution in [2.45, 2.75) is 12.1 Å². The van der Waals surface area contributed by atoms with Crippen molar-refractivity contribution in [3.05, 3.63) is 22.2 Å². The Morgan fingerprint density at radius 2 is 1.61 bits per heavy atom. The lowest BCUT2D eigenvalue weighted by molar-refractivity contribution is -0.305. The standard InChI is InChI=1S/C9H2Cl2F3NO3/c10-4-1-6-7(2-5(4)11)18-9(17-6,15-3-16)8(12,13)14/h1-2H. The van der Waals surface area contributed by atoms with Gasteiger partial charge in [-0.2, -0.15) is 13.2 Å². The zero-order chi connectivity index (χ0) is 13.6. The maximum absolute atomic E-state index is 12.8. The van der Waals surface area contributed by atoms with Crippen LogP contribution >= 0.6 is 23.2 Å². The van der Waals surface area contributed by atoms with Crippen molar-refractivity contribution >= 4 is 29.3 Å². The molecule has 1 aliphatic rings. The fourth-order valence-electron chi connectivity index (χ4n) is 1.27. The van der Waals surface area contributed by atoms with Gasteiger partial charge in [-0.1, -0.05) is 23.2 Å². The highest BCUT2D eigenvalue weighted by Crippen LogP contribution is 2.49. The van der Waals surface area contributed by atoms with Crippen LogP contribution in [0.25, 0.3) is 0 Å². The van der Waals surface area contributed by atoms with E-state index in [1.807, 2.05) is 0 Å². The molecule has 9 heteroatoms. The van der Waals surface area contributed by atoms with Gasteiger partial charge in [-0.25, -0.2) is 4.79 Å². The van der Waals surface area contributed by atoms with E-state index >= 15 is 0 Å². The van der Waals surface area contributed by atoms with Gasteiger partial charge in [0.05, 0.1) is 10.0 Å². The number of aliphatic imine (C=N–C) groups is 1. The number of benzene rings is 1. The van der Waals surface area contributed by atoms with Crippen LogP contribution < -0.4 is 9.47 Å². The zero-order valence-electron chi connectivity index (χ0n) is 8.22. The van der Waals surface area contributed by atoms with Crippen LogP contribution in [0.5, 0.6) is 11.5 Å². The van der Waals surface area contributed by atoms with E-state index < -0.39 is 12.1 Å². The Labute approximate surface area is 108 Å². The molecule has 18 heavy (non-hydrogen) atoms. The molecule has 96 valence electrons. The van der Waals surface area contributed by atoms with Gasteiger partial charge in [-0.15, -0.1) is 4.99 Å². The lowest BCUT2D eigenvalue weighted by Gasteiger charge is -2.22. The highest BCUT2D eigenvalue weighted by molar-refractivity contribution is 6.42. The number of carbonyl (C=O) groups excluding carboxylic acids is 1. The minimum absolute atomic E-state index is 0.0212. The molecule has 0 fully saturated rings. The number of alkyl halides is 3. The topological polar surface area (TPSA) is 47.9 Å². The third-order valence-electron chi connectivity index (χ3n) is 2.03. The summed E-state index contributed by atoms with van der Waals surface area (Å²) in [5, 5.41) is -0.0425. The van der Waals surface area contributed by atoms with Gasteiger partial charge in [0.15, 0.2) is 11.5 Å². The van der Waals surface area contributed by atoms with Gasteiger partial charge in [0, 0.05) is 12.1 Å².